The molecule has 4 aromatic rings. The zero-order valence-electron chi connectivity index (χ0n) is 17.7. The number of aliphatic carboxylic acids is 1. The molecule has 0 radical (unpaired) electrons. The average Bonchev–Trinajstić information content (AvgIpc) is 3.24. The first-order valence-corrected chi connectivity index (χ1v) is 11.8. The van der Waals surface area contributed by atoms with Gasteiger partial charge < -0.3 is 9.84 Å². The number of hydrogen-bond donors (Lipinski definition) is 1. The van der Waals surface area contributed by atoms with Crippen LogP contribution in [0.4, 0.5) is 0 Å². The van der Waals surface area contributed by atoms with E-state index >= 15 is 0 Å². The first kappa shape index (κ1) is 20.7. The Hall–Kier alpha value is -3.15. The van der Waals surface area contributed by atoms with Gasteiger partial charge in [0.05, 0.1) is 12.0 Å². The molecule has 162 valence electrons. The van der Waals surface area contributed by atoms with Gasteiger partial charge in [0.25, 0.3) is 0 Å². The normalized spacial score (nSPS) is 17.8. The van der Waals surface area contributed by atoms with E-state index in [0.717, 1.165) is 36.4 Å². The predicted molar refractivity (Wildman–Crippen MR) is 129 cm³/mol. The van der Waals surface area contributed by atoms with Crippen LogP contribution < -0.4 is 4.74 Å². The second kappa shape index (κ2) is 9.15. The highest BCUT2D eigenvalue weighted by Crippen LogP contribution is 2.40. The second-order valence-corrected chi connectivity index (χ2v) is 9.16. The van der Waals surface area contributed by atoms with Crippen LogP contribution >= 0.6 is 11.3 Å². The topological polar surface area (TPSA) is 49.8 Å². The molecule has 0 aliphatic carbocycles. The molecule has 0 spiro atoms. The van der Waals surface area contributed by atoms with Gasteiger partial charge in [-0.3, -0.25) is 9.69 Å². The van der Waals surface area contributed by atoms with Gasteiger partial charge in [-0.25, -0.2) is 0 Å². The zero-order valence-corrected chi connectivity index (χ0v) is 18.5. The molecule has 1 aliphatic rings. The van der Waals surface area contributed by atoms with Crippen molar-refractivity contribution in [1.29, 1.82) is 0 Å². The molecule has 2 heterocycles. The van der Waals surface area contributed by atoms with Gasteiger partial charge in [-0.05, 0) is 71.6 Å². The number of para-hydroxylation sites is 1. The van der Waals surface area contributed by atoms with Gasteiger partial charge in [0.15, 0.2) is 0 Å². The van der Waals surface area contributed by atoms with E-state index in [9.17, 15) is 9.90 Å². The number of likely N-dealkylation sites (tertiary alicyclic amines) is 1. The molecule has 5 heteroatoms. The van der Waals surface area contributed by atoms with Gasteiger partial charge in [-0.2, -0.15) is 0 Å². The number of carbonyl (C=O) groups is 1. The summed E-state index contributed by atoms with van der Waals surface area (Å²) < 4.78 is 7.36. The third-order valence-corrected chi connectivity index (χ3v) is 7.11. The van der Waals surface area contributed by atoms with Crippen molar-refractivity contribution in [2.75, 3.05) is 13.1 Å². The Morgan fingerprint density at radius 3 is 2.62 bits per heavy atom. The second-order valence-electron chi connectivity index (χ2n) is 8.25. The number of hydrogen-bond acceptors (Lipinski definition) is 4. The monoisotopic (exact) mass is 443 g/mol. The molecular formula is C27H25NO3S. The lowest BCUT2D eigenvalue weighted by atomic mass is 9.91. The summed E-state index contributed by atoms with van der Waals surface area (Å²) >= 11 is 1.74. The number of thiophene rings is 1. The maximum atomic E-state index is 11.8. The van der Waals surface area contributed by atoms with E-state index in [-0.39, 0.29) is 12.0 Å². The minimum absolute atomic E-state index is 0.0207. The summed E-state index contributed by atoms with van der Waals surface area (Å²) in [5.74, 6) is 0.542. The third kappa shape index (κ3) is 4.27. The fourth-order valence-electron chi connectivity index (χ4n) is 4.61. The maximum absolute atomic E-state index is 11.8. The van der Waals surface area contributed by atoms with Crippen molar-refractivity contribution < 1.29 is 14.6 Å². The van der Waals surface area contributed by atoms with E-state index < -0.39 is 5.97 Å². The zero-order chi connectivity index (χ0) is 21.9. The Bertz CT molecular complexity index is 1220. The van der Waals surface area contributed by atoms with E-state index in [2.05, 4.69) is 46.7 Å². The molecule has 1 aromatic heterocycles. The van der Waals surface area contributed by atoms with Crippen LogP contribution in [0.25, 0.3) is 10.1 Å². The molecule has 0 saturated carbocycles. The molecule has 5 rings (SSSR count). The first-order valence-electron chi connectivity index (χ1n) is 10.9. The fraction of sp³-hybridized carbons (Fsp3) is 0.222. The summed E-state index contributed by atoms with van der Waals surface area (Å²) in [6, 6.07) is 26.4. The van der Waals surface area contributed by atoms with Gasteiger partial charge in [-0.1, -0.05) is 48.5 Å². The minimum Gasteiger partial charge on any atom is -0.481 e. The molecule has 0 bridgehead atoms. The van der Waals surface area contributed by atoms with Gasteiger partial charge >= 0.3 is 5.97 Å². The Labute approximate surface area is 191 Å². The van der Waals surface area contributed by atoms with Crippen LogP contribution in [-0.4, -0.2) is 29.1 Å². The van der Waals surface area contributed by atoms with Crippen LogP contribution in [0.1, 0.15) is 30.0 Å². The Morgan fingerprint density at radius 2 is 1.78 bits per heavy atom. The number of carboxylic acids is 1. The third-order valence-electron chi connectivity index (χ3n) is 6.13. The molecule has 0 amide bonds. The quantitative estimate of drug-likeness (QED) is 0.366. The number of rotatable bonds is 6. The summed E-state index contributed by atoms with van der Waals surface area (Å²) in [4.78, 5) is 14.1. The van der Waals surface area contributed by atoms with Crippen molar-refractivity contribution in [3.63, 3.8) is 0 Å². The smallest absolute Gasteiger partial charge is 0.307 e. The van der Waals surface area contributed by atoms with Crippen LogP contribution in [0.2, 0.25) is 0 Å². The Kier molecular flexibility index (Phi) is 5.93. The minimum atomic E-state index is -0.704. The molecule has 1 fully saturated rings. The standard InChI is InChI=1S/C27H25NO3S/c29-27(30)20-9-7-15-28(17-20)26(24-18-32-25-14-5-4-13-23(24)25)19-8-6-12-22(16-19)31-21-10-2-1-3-11-21/h1-6,8,10-14,16,18,20,26H,7,9,15,17H2,(H,29,30). The molecule has 2 atom stereocenters. The van der Waals surface area contributed by atoms with Crippen LogP contribution in [0.5, 0.6) is 11.5 Å². The van der Waals surface area contributed by atoms with E-state index in [0.29, 0.717) is 6.54 Å². The van der Waals surface area contributed by atoms with Gasteiger partial charge in [0.2, 0.25) is 0 Å². The van der Waals surface area contributed by atoms with Crippen molar-refractivity contribution in [2.45, 2.75) is 18.9 Å². The van der Waals surface area contributed by atoms with E-state index in [1.54, 1.807) is 11.3 Å². The number of fused-ring (bicyclic) bond motifs is 1. The van der Waals surface area contributed by atoms with E-state index in [4.69, 9.17) is 4.74 Å². The number of benzene rings is 3. The van der Waals surface area contributed by atoms with E-state index in [1.807, 2.05) is 42.5 Å². The fourth-order valence-corrected chi connectivity index (χ4v) is 5.59. The molecule has 32 heavy (non-hydrogen) atoms. The summed E-state index contributed by atoms with van der Waals surface area (Å²) in [6.07, 6.45) is 1.62. The summed E-state index contributed by atoms with van der Waals surface area (Å²) in [5.41, 5.74) is 2.35. The summed E-state index contributed by atoms with van der Waals surface area (Å²) in [5, 5.41) is 13.1. The average molecular weight is 444 g/mol. The molecule has 2 unspecified atom stereocenters. The van der Waals surface area contributed by atoms with Gasteiger partial charge in [0.1, 0.15) is 11.5 Å². The highest BCUT2D eigenvalue weighted by Gasteiger charge is 2.32. The lowest BCUT2D eigenvalue weighted by Gasteiger charge is -2.37. The highest BCUT2D eigenvalue weighted by atomic mass is 32.1. The largest absolute Gasteiger partial charge is 0.481 e. The SMILES string of the molecule is O=C(O)C1CCCN(C(c2cccc(Oc3ccccc3)c2)c2csc3ccccc23)C1. The lowest BCUT2D eigenvalue weighted by molar-refractivity contribution is -0.143. The van der Waals surface area contributed by atoms with Crippen LogP contribution in [0.15, 0.2) is 84.2 Å². The molecule has 4 nitrogen and oxygen atoms in total. The van der Waals surface area contributed by atoms with Gasteiger partial charge in [-0.15, -0.1) is 11.3 Å². The van der Waals surface area contributed by atoms with Gasteiger partial charge in [0, 0.05) is 11.2 Å². The molecular weight excluding hydrogens is 418 g/mol. The van der Waals surface area contributed by atoms with Crippen molar-refractivity contribution in [3.8, 4) is 11.5 Å². The maximum Gasteiger partial charge on any atom is 0.307 e. The number of carboxylic acid groups (broad SMARTS) is 1. The number of piperidine rings is 1. The number of nitrogens with zero attached hydrogens (tertiary/aromatic N) is 1. The summed E-state index contributed by atoms with van der Waals surface area (Å²) in [7, 11) is 0. The lowest BCUT2D eigenvalue weighted by Crippen LogP contribution is -2.41. The first-order chi connectivity index (χ1) is 15.7. The molecule has 1 aliphatic heterocycles. The summed E-state index contributed by atoms with van der Waals surface area (Å²) in [6.45, 7) is 1.43. The Balaban J connectivity index is 1.56. The highest BCUT2D eigenvalue weighted by molar-refractivity contribution is 7.17. The van der Waals surface area contributed by atoms with Crippen LogP contribution in [0, 0.1) is 5.92 Å². The number of ether oxygens (including phenoxy) is 1. The van der Waals surface area contributed by atoms with Crippen LogP contribution in [-0.2, 0) is 4.79 Å². The van der Waals surface area contributed by atoms with E-state index in [1.165, 1.54) is 15.6 Å². The molecule has 1 saturated heterocycles. The Morgan fingerprint density at radius 1 is 1.00 bits per heavy atom. The van der Waals surface area contributed by atoms with Crippen molar-refractivity contribution in [3.05, 3.63) is 95.4 Å². The molecule has 1 N–H and O–H groups in total. The van der Waals surface area contributed by atoms with Crippen molar-refractivity contribution in [1.82, 2.24) is 4.90 Å². The predicted octanol–water partition coefficient (Wildman–Crippen LogP) is 6.58. The molecule has 3 aromatic carbocycles. The van der Waals surface area contributed by atoms with Crippen molar-refractivity contribution >= 4 is 27.4 Å². The van der Waals surface area contributed by atoms with Crippen molar-refractivity contribution in [2.24, 2.45) is 5.92 Å². The van der Waals surface area contributed by atoms with Crippen LogP contribution in [0.3, 0.4) is 0 Å².